The maximum Gasteiger partial charge on any atom is 0.279 e. The van der Waals surface area contributed by atoms with E-state index in [-0.39, 0.29) is 0 Å². The molecular weight excluding hydrogens is 294 g/mol. The molecule has 1 aromatic heterocycles. The highest BCUT2D eigenvalue weighted by Crippen LogP contribution is 2.23. The molecule has 1 aliphatic heterocycles. The molecule has 2 rings (SSSR count). The Labute approximate surface area is 125 Å². The van der Waals surface area contributed by atoms with E-state index in [4.69, 9.17) is 0 Å². The van der Waals surface area contributed by atoms with Crippen LogP contribution in [0.15, 0.2) is 11.4 Å². The fraction of sp³-hybridized carbons (Fsp3) is 0.692. The Bertz CT molecular complexity index is 523. The molecule has 0 atom stereocenters. The average molecular weight is 317 g/mol. The SMILES string of the molecule is CCN(CC)S(=O)(=O)NCCN1CCc2sccc2C1. The molecule has 1 aliphatic rings. The van der Waals surface area contributed by atoms with Gasteiger partial charge in [-0.2, -0.15) is 12.7 Å². The first-order valence-electron chi connectivity index (χ1n) is 7.09. The van der Waals surface area contributed by atoms with Crippen molar-refractivity contribution in [1.82, 2.24) is 13.9 Å². The molecule has 0 amide bonds. The van der Waals surface area contributed by atoms with Crippen LogP contribution >= 0.6 is 11.3 Å². The Morgan fingerprint density at radius 3 is 2.85 bits per heavy atom. The Kier molecular flexibility index (Phi) is 5.57. The lowest BCUT2D eigenvalue weighted by Crippen LogP contribution is -2.44. The summed E-state index contributed by atoms with van der Waals surface area (Å²) in [5, 5.41) is 2.14. The topological polar surface area (TPSA) is 52.7 Å². The number of nitrogens with one attached hydrogen (secondary N) is 1. The Hall–Kier alpha value is -0.470. The van der Waals surface area contributed by atoms with Gasteiger partial charge in [-0.25, -0.2) is 4.72 Å². The van der Waals surface area contributed by atoms with Crippen molar-refractivity contribution in [3.8, 4) is 0 Å². The van der Waals surface area contributed by atoms with Gasteiger partial charge in [0.15, 0.2) is 0 Å². The summed E-state index contributed by atoms with van der Waals surface area (Å²) in [4.78, 5) is 3.78. The summed E-state index contributed by atoms with van der Waals surface area (Å²) >= 11 is 1.82. The fourth-order valence-corrected chi connectivity index (χ4v) is 4.59. The smallest absolute Gasteiger partial charge is 0.279 e. The van der Waals surface area contributed by atoms with Crippen LogP contribution in [0.4, 0.5) is 0 Å². The van der Waals surface area contributed by atoms with E-state index in [9.17, 15) is 8.42 Å². The zero-order valence-electron chi connectivity index (χ0n) is 12.1. The Morgan fingerprint density at radius 2 is 2.15 bits per heavy atom. The maximum atomic E-state index is 12.0. The zero-order chi connectivity index (χ0) is 14.6. The van der Waals surface area contributed by atoms with Gasteiger partial charge >= 0.3 is 0 Å². The lowest BCUT2D eigenvalue weighted by atomic mass is 10.1. The Morgan fingerprint density at radius 1 is 1.40 bits per heavy atom. The molecule has 5 nitrogen and oxygen atoms in total. The van der Waals surface area contributed by atoms with Gasteiger partial charge in [0.2, 0.25) is 0 Å². The maximum absolute atomic E-state index is 12.0. The number of nitrogens with zero attached hydrogens (tertiary/aromatic N) is 2. The third-order valence-corrected chi connectivity index (χ3v) is 6.43. The number of fused-ring (bicyclic) bond motifs is 1. The molecule has 1 N–H and O–H groups in total. The van der Waals surface area contributed by atoms with E-state index in [1.54, 1.807) is 0 Å². The largest absolute Gasteiger partial charge is 0.297 e. The van der Waals surface area contributed by atoms with Crippen molar-refractivity contribution in [3.63, 3.8) is 0 Å². The predicted molar refractivity (Wildman–Crippen MR) is 83.1 cm³/mol. The number of thiophene rings is 1. The normalized spacial score (nSPS) is 16.6. The molecule has 0 aliphatic carbocycles. The average Bonchev–Trinajstić information content (AvgIpc) is 2.87. The van der Waals surface area contributed by atoms with Crippen LogP contribution in [0.3, 0.4) is 0 Å². The van der Waals surface area contributed by atoms with Crippen LogP contribution in [0.5, 0.6) is 0 Å². The van der Waals surface area contributed by atoms with Crippen molar-refractivity contribution in [2.75, 3.05) is 32.7 Å². The van der Waals surface area contributed by atoms with Crippen molar-refractivity contribution in [2.45, 2.75) is 26.8 Å². The minimum Gasteiger partial charge on any atom is -0.297 e. The molecule has 0 radical (unpaired) electrons. The quantitative estimate of drug-likeness (QED) is 0.824. The lowest BCUT2D eigenvalue weighted by molar-refractivity contribution is 0.260. The van der Waals surface area contributed by atoms with Crippen LogP contribution in [-0.2, 0) is 23.2 Å². The summed E-state index contributed by atoms with van der Waals surface area (Å²) in [6.45, 7) is 7.90. The number of hydrogen-bond acceptors (Lipinski definition) is 4. The van der Waals surface area contributed by atoms with Crippen LogP contribution in [0.2, 0.25) is 0 Å². The highest BCUT2D eigenvalue weighted by molar-refractivity contribution is 7.87. The molecule has 0 fully saturated rings. The predicted octanol–water partition coefficient (Wildman–Crippen LogP) is 1.28. The summed E-state index contributed by atoms with van der Waals surface area (Å²) in [7, 11) is -3.31. The number of hydrogen-bond donors (Lipinski definition) is 1. The van der Waals surface area contributed by atoms with Crippen LogP contribution in [0.1, 0.15) is 24.3 Å². The minimum absolute atomic E-state index is 0.471. The van der Waals surface area contributed by atoms with E-state index in [2.05, 4.69) is 21.1 Å². The third-order valence-electron chi connectivity index (χ3n) is 3.64. The van der Waals surface area contributed by atoms with Crippen LogP contribution in [0, 0.1) is 0 Å². The third kappa shape index (κ3) is 3.79. The van der Waals surface area contributed by atoms with Crippen molar-refractivity contribution in [2.24, 2.45) is 0 Å². The molecule has 0 saturated heterocycles. The standard InChI is InChI=1S/C13H23N3O2S2/c1-3-16(4-2)20(17,18)14-7-9-15-8-5-13-12(11-15)6-10-19-13/h6,10,14H,3-5,7-9,11H2,1-2H3. The van der Waals surface area contributed by atoms with E-state index in [0.717, 1.165) is 26.1 Å². The second kappa shape index (κ2) is 7.00. The molecule has 7 heteroatoms. The highest BCUT2D eigenvalue weighted by atomic mass is 32.2. The molecule has 0 saturated carbocycles. The molecule has 0 bridgehead atoms. The summed E-state index contributed by atoms with van der Waals surface area (Å²) in [6.07, 6.45) is 1.08. The first-order chi connectivity index (χ1) is 9.56. The van der Waals surface area contributed by atoms with Gasteiger partial charge < -0.3 is 0 Å². The monoisotopic (exact) mass is 317 g/mol. The van der Waals surface area contributed by atoms with E-state index in [1.165, 1.54) is 14.7 Å². The second-order valence-corrected chi connectivity index (χ2v) is 7.63. The summed E-state index contributed by atoms with van der Waals surface area (Å²) in [5.74, 6) is 0. The van der Waals surface area contributed by atoms with Gasteiger partial charge in [0.25, 0.3) is 10.2 Å². The van der Waals surface area contributed by atoms with Crippen molar-refractivity contribution >= 4 is 21.5 Å². The van der Waals surface area contributed by atoms with E-state index in [0.29, 0.717) is 19.6 Å². The van der Waals surface area contributed by atoms with Crippen LogP contribution in [0.25, 0.3) is 0 Å². The summed E-state index contributed by atoms with van der Waals surface area (Å²) in [6, 6.07) is 2.17. The zero-order valence-corrected chi connectivity index (χ0v) is 13.8. The van der Waals surface area contributed by atoms with Crippen LogP contribution < -0.4 is 4.72 Å². The van der Waals surface area contributed by atoms with Gasteiger partial charge in [-0.05, 0) is 23.4 Å². The van der Waals surface area contributed by atoms with Gasteiger partial charge in [-0.15, -0.1) is 11.3 Å². The summed E-state index contributed by atoms with van der Waals surface area (Å²) in [5.41, 5.74) is 1.40. The van der Waals surface area contributed by atoms with Gasteiger partial charge in [-0.3, -0.25) is 4.90 Å². The van der Waals surface area contributed by atoms with Crippen LogP contribution in [-0.4, -0.2) is 50.3 Å². The second-order valence-electron chi connectivity index (χ2n) is 4.88. The van der Waals surface area contributed by atoms with Crippen molar-refractivity contribution < 1.29 is 8.42 Å². The van der Waals surface area contributed by atoms with Gasteiger partial charge in [-0.1, -0.05) is 13.8 Å². The molecule has 0 unspecified atom stereocenters. The molecular formula is C13H23N3O2S2. The highest BCUT2D eigenvalue weighted by Gasteiger charge is 2.20. The van der Waals surface area contributed by atoms with Gasteiger partial charge in [0, 0.05) is 44.1 Å². The van der Waals surface area contributed by atoms with E-state index >= 15 is 0 Å². The minimum atomic E-state index is -3.31. The molecule has 114 valence electrons. The van der Waals surface area contributed by atoms with Gasteiger partial charge in [0.05, 0.1) is 0 Å². The Balaban J connectivity index is 1.80. The molecule has 1 aromatic rings. The van der Waals surface area contributed by atoms with Crippen molar-refractivity contribution in [3.05, 3.63) is 21.9 Å². The molecule has 2 heterocycles. The molecule has 0 spiro atoms. The lowest BCUT2D eigenvalue weighted by Gasteiger charge is -2.27. The van der Waals surface area contributed by atoms with E-state index < -0.39 is 10.2 Å². The molecule has 20 heavy (non-hydrogen) atoms. The first-order valence-corrected chi connectivity index (χ1v) is 9.41. The number of rotatable bonds is 7. The van der Waals surface area contributed by atoms with E-state index in [1.807, 2.05) is 25.2 Å². The molecule has 0 aromatic carbocycles. The first kappa shape index (κ1) is 15.9. The fourth-order valence-electron chi connectivity index (χ4n) is 2.49. The van der Waals surface area contributed by atoms with Crippen molar-refractivity contribution in [1.29, 1.82) is 0 Å². The summed E-state index contributed by atoms with van der Waals surface area (Å²) < 4.78 is 28.1. The van der Waals surface area contributed by atoms with Gasteiger partial charge in [0.1, 0.15) is 0 Å².